The van der Waals surface area contributed by atoms with Gasteiger partial charge in [-0.2, -0.15) is 0 Å². The molecular formula is C15H15Cl2NO. The maximum absolute atomic E-state index is 6.49. The fourth-order valence-corrected chi connectivity index (χ4v) is 2.44. The molecule has 1 atom stereocenters. The zero-order valence-electron chi connectivity index (χ0n) is 10.6. The minimum absolute atomic E-state index is 0.178. The van der Waals surface area contributed by atoms with Crippen LogP contribution in [-0.2, 0) is 6.42 Å². The Balaban J connectivity index is 2.20. The van der Waals surface area contributed by atoms with Crippen LogP contribution in [0.25, 0.3) is 0 Å². The van der Waals surface area contributed by atoms with E-state index in [0.29, 0.717) is 18.1 Å². The smallest absolute Gasteiger partial charge is 0.123 e. The van der Waals surface area contributed by atoms with Gasteiger partial charge < -0.3 is 4.74 Å². The first kappa shape index (κ1) is 14.2. The summed E-state index contributed by atoms with van der Waals surface area (Å²) in [6, 6.07) is 9.71. The van der Waals surface area contributed by atoms with Crippen molar-refractivity contribution >= 4 is 23.2 Å². The lowest BCUT2D eigenvalue weighted by molar-refractivity contribution is 0.336. The molecule has 4 heteroatoms. The van der Waals surface area contributed by atoms with Crippen LogP contribution in [0, 0.1) is 0 Å². The lowest BCUT2D eigenvalue weighted by atomic mass is 10.0. The Kier molecular flexibility index (Phi) is 5.06. The summed E-state index contributed by atoms with van der Waals surface area (Å²) in [5, 5.41) is 0.463. The molecule has 1 unspecified atom stereocenters. The third kappa shape index (κ3) is 3.62. The van der Waals surface area contributed by atoms with Gasteiger partial charge in [-0.1, -0.05) is 29.8 Å². The molecule has 0 saturated carbocycles. The normalized spacial score (nSPS) is 12.2. The lowest BCUT2D eigenvalue weighted by Crippen LogP contribution is -2.01. The average Bonchev–Trinajstić information content (AvgIpc) is 2.42. The number of ether oxygens (including phenoxy) is 1. The van der Waals surface area contributed by atoms with Gasteiger partial charge in [0.05, 0.1) is 17.0 Å². The van der Waals surface area contributed by atoms with Crippen molar-refractivity contribution in [3.05, 3.63) is 58.9 Å². The van der Waals surface area contributed by atoms with Crippen molar-refractivity contribution in [3.63, 3.8) is 0 Å². The molecule has 2 rings (SSSR count). The van der Waals surface area contributed by atoms with E-state index in [1.54, 1.807) is 12.4 Å². The third-order valence-corrected chi connectivity index (χ3v) is 3.54. The van der Waals surface area contributed by atoms with Crippen LogP contribution in [0.5, 0.6) is 5.75 Å². The van der Waals surface area contributed by atoms with Crippen molar-refractivity contribution in [2.75, 3.05) is 6.61 Å². The number of hydrogen-bond acceptors (Lipinski definition) is 2. The van der Waals surface area contributed by atoms with Gasteiger partial charge in [0.1, 0.15) is 5.75 Å². The highest BCUT2D eigenvalue weighted by Gasteiger charge is 2.15. The van der Waals surface area contributed by atoms with Crippen molar-refractivity contribution in [1.29, 1.82) is 0 Å². The Morgan fingerprint density at radius 1 is 1.26 bits per heavy atom. The molecule has 1 heterocycles. The summed E-state index contributed by atoms with van der Waals surface area (Å²) in [7, 11) is 0. The first-order chi connectivity index (χ1) is 9.22. The van der Waals surface area contributed by atoms with E-state index in [-0.39, 0.29) is 5.38 Å². The van der Waals surface area contributed by atoms with Crippen molar-refractivity contribution in [2.45, 2.75) is 18.7 Å². The molecule has 0 aliphatic heterocycles. The van der Waals surface area contributed by atoms with Crippen molar-refractivity contribution < 1.29 is 4.74 Å². The lowest BCUT2D eigenvalue weighted by Gasteiger charge is -2.15. The molecule has 0 radical (unpaired) electrons. The predicted molar refractivity (Wildman–Crippen MR) is 79.2 cm³/mol. The van der Waals surface area contributed by atoms with Gasteiger partial charge in [-0.15, -0.1) is 11.6 Å². The highest BCUT2D eigenvalue weighted by molar-refractivity contribution is 6.31. The predicted octanol–water partition coefficient (Wildman–Crippen LogP) is 4.66. The van der Waals surface area contributed by atoms with E-state index in [1.165, 1.54) is 0 Å². The van der Waals surface area contributed by atoms with E-state index in [0.717, 1.165) is 16.9 Å². The summed E-state index contributed by atoms with van der Waals surface area (Å²) in [4.78, 5) is 3.97. The third-order valence-electron chi connectivity index (χ3n) is 2.81. The van der Waals surface area contributed by atoms with Crippen LogP contribution in [0.2, 0.25) is 5.02 Å². The van der Waals surface area contributed by atoms with Crippen LogP contribution in [0.4, 0.5) is 0 Å². The number of nitrogens with zero attached hydrogens (tertiary/aromatic N) is 1. The SMILES string of the molecule is CCOc1ccccc1C(Cl)Cc1ccncc1Cl. The van der Waals surface area contributed by atoms with Crippen LogP contribution in [0.15, 0.2) is 42.7 Å². The molecule has 0 fully saturated rings. The molecule has 19 heavy (non-hydrogen) atoms. The molecule has 100 valence electrons. The Hall–Kier alpha value is -1.25. The second-order valence-corrected chi connectivity index (χ2v) is 5.04. The molecule has 2 aromatic rings. The Labute approximate surface area is 123 Å². The Morgan fingerprint density at radius 2 is 2.05 bits per heavy atom. The number of halogens is 2. The number of aromatic nitrogens is 1. The van der Waals surface area contributed by atoms with Gasteiger partial charge in [-0.05, 0) is 31.0 Å². The molecule has 0 spiro atoms. The number of hydrogen-bond donors (Lipinski definition) is 0. The van der Waals surface area contributed by atoms with Crippen LogP contribution < -0.4 is 4.74 Å². The van der Waals surface area contributed by atoms with Crippen LogP contribution >= 0.6 is 23.2 Å². The fraction of sp³-hybridized carbons (Fsp3) is 0.267. The van der Waals surface area contributed by atoms with E-state index in [9.17, 15) is 0 Å². The number of para-hydroxylation sites is 1. The largest absolute Gasteiger partial charge is 0.494 e. The van der Waals surface area contributed by atoms with Crippen molar-refractivity contribution in [2.24, 2.45) is 0 Å². The molecule has 1 aromatic heterocycles. The first-order valence-electron chi connectivity index (χ1n) is 6.16. The van der Waals surface area contributed by atoms with Crippen molar-refractivity contribution in [1.82, 2.24) is 4.98 Å². The summed E-state index contributed by atoms with van der Waals surface area (Å²) in [6.07, 6.45) is 4.00. The van der Waals surface area contributed by atoms with Gasteiger partial charge in [0, 0.05) is 18.0 Å². The number of rotatable bonds is 5. The Morgan fingerprint density at radius 3 is 2.79 bits per heavy atom. The maximum Gasteiger partial charge on any atom is 0.123 e. The van der Waals surface area contributed by atoms with Gasteiger partial charge in [0.2, 0.25) is 0 Å². The van der Waals surface area contributed by atoms with Gasteiger partial charge in [0.15, 0.2) is 0 Å². The summed E-state index contributed by atoms with van der Waals surface area (Å²) in [6.45, 7) is 2.58. The van der Waals surface area contributed by atoms with E-state index in [2.05, 4.69) is 4.98 Å². The van der Waals surface area contributed by atoms with E-state index >= 15 is 0 Å². The highest BCUT2D eigenvalue weighted by atomic mass is 35.5. The van der Waals surface area contributed by atoms with Gasteiger partial charge >= 0.3 is 0 Å². The van der Waals surface area contributed by atoms with Crippen LogP contribution in [-0.4, -0.2) is 11.6 Å². The maximum atomic E-state index is 6.49. The summed E-state index contributed by atoms with van der Waals surface area (Å²) in [5.74, 6) is 0.829. The molecule has 0 bridgehead atoms. The number of alkyl halides is 1. The number of pyridine rings is 1. The van der Waals surface area contributed by atoms with E-state index in [4.69, 9.17) is 27.9 Å². The zero-order valence-corrected chi connectivity index (χ0v) is 12.2. The zero-order chi connectivity index (χ0) is 13.7. The summed E-state index contributed by atoms with van der Waals surface area (Å²) >= 11 is 12.6. The monoisotopic (exact) mass is 295 g/mol. The van der Waals surface area contributed by atoms with Crippen LogP contribution in [0.1, 0.15) is 23.4 Å². The fourth-order valence-electron chi connectivity index (χ4n) is 1.90. The quantitative estimate of drug-likeness (QED) is 0.749. The first-order valence-corrected chi connectivity index (χ1v) is 6.98. The summed E-state index contributed by atoms with van der Waals surface area (Å²) in [5.41, 5.74) is 1.97. The molecule has 0 aliphatic carbocycles. The van der Waals surface area contributed by atoms with Crippen molar-refractivity contribution in [3.8, 4) is 5.75 Å². The molecule has 0 amide bonds. The minimum atomic E-state index is -0.178. The van der Waals surface area contributed by atoms with Crippen LogP contribution in [0.3, 0.4) is 0 Å². The van der Waals surface area contributed by atoms with Gasteiger partial charge in [0.25, 0.3) is 0 Å². The van der Waals surface area contributed by atoms with E-state index < -0.39 is 0 Å². The second kappa shape index (κ2) is 6.78. The van der Waals surface area contributed by atoms with Gasteiger partial charge in [-0.3, -0.25) is 4.98 Å². The topological polar surface area (TPSA) is 22.1 Å². The minimum Gasteiger partial charge on any atom is -0.494 e. The Bertz CT molecular complexity index is 545. The molecular weight excluding hydrogens is 281 g/mol. The van der Waals surface area contributed by atoms with Gasteiger partial charge in [-0.25, -0.2) is 0 Å². The molecule has 0 aliphatic rings. The standard InChI is InChI=1S/C15H15Cl2NO/c1-2-19-15-6-4-3-5-12(15)13(16)9-11-7-8-18-10-14(11)17/h3-8,10,13H,2,9H2,1H3. The molecule has 1 aromatic carbocycles. The molecule has 0 N–H and O–H groups in total. The van der Waals surface area contributed by atoms with E-state index in [1.807, 2.05) is 37.3 Å². The number of benzene rings is 1. The molecule has 2 nitrogen and oxygen atoms in total. The highest BCUT2D eigenvalue weighted by Crippen LogP contribution is 2.33. The average molecular weight is 296 g/mol. The summed E-state index contributed by atoms with van der Waals surface area (Å²) < 4.78 is 5.60. The molecule has 0 saturated heterocycles. The second-order valence-electron chi connectivity index (χ2n) is 4.11.